The summed E-state index contributed by atoms with van der Waals surface area (Å²) >= 11 is 1.74. The first kappa shape index (κ1) is 37.7. The van der Waals surface area contributed by atoms with Gasteiger partial charge in [0.15, 0.2) is 0 Å². The maximum Gasteiger partial charge on any atom is -0.0375 e. The van der Waals surface area contributed by atoms with Gasteiger partial charge in [0, 0.05) is 0 Å². The Morgan fingerprint density at radius 1 is 0.658 bits per heavy atom. The van der Waals surface area contributed by atoms with Crippen LogP contribution in [-0.2, 0) is 36.2 Å². The van der Waals surface area contributed by atoms with E-state index in [4.69, 9.17) is 0 Å². The minimum atomic E-state index is 0. The van der Waals surface area contributed by atoms with Gasteiger partial charge in [-0.25, -0.2) is 12.1 Å². The van der Waals surface area contributed by atoms with Crippen LogP contribution in [0.4, 0.5) is 0 Å². The summed E-state index contributed by atoms with van der Waals surface area (Å²) in [6.07, 6.45) is 5.41. The van der Waals surface area contributed by atoms with Gasteiger partial charge in [-0.1, -0.05) is 106 Å². The zero-order valence-electron chi connectivity index (χ0n) is 26.5. The summed E-state index contributed by atoms with van der Waals surface area (Å²) in [4.78, 5) is 0. The van der Waals surface area contributed by atoms with Crippen molar-refractivity contribution in [3.8, 4) is 0 Å². The zero-order chi connectivity index (χ0) is 27.3. The Kier molecular flexibility index (Phi) is 16.7. The molecule has 4 atom stereocenters. The third-order valence-electron chi connectivity index (χ3n) is 8.68. The van der Waals surface area contributed by atoms with Gasteiger partial charge < -0.3 is 9.41 Å². The van der Waals surface area contributed by atoms with E-state index in [2.05, 4.69) is 107 Å². The quantitative estimate of drug-likeness (QED) is 0.356. The molecular formula is C34H56F2SiZr-2. The number of hydrogen-bond donors (Lipinski definition) is 0. The van der Waals surface area contributed by atoms with Crippen LogP contribution in [0, 0.1) is 49.4 Å². The number of halogens is 2. The molecule has 0 aliphatic heterocycles. The largest absolute Gasteiger partial charge is 1.00 e. The molecule has 0 saturated carbocycles. The van der Waals surface area contributed by atoms with Crippen LogP contribution in [0.1, 0.15) is 113 Å². The molecule has 0 fully saturated rings. The molecule has 216 valence electrons. The van der Waals surface area contributed by atoms with Crippen molar-refractivity contribution in [1.82, 2.24) is 0 Å². The molecule has 0 spiro atoms. The summed E-state index contributed by atoms with van der Waals surface area (Å²) < 4.78 is 0. The van der Waals surface area contributed by atoms with Crippen LogP contribution < -0.4 is 9.41 Å². The number of hydrogen-bond acceptors (Lipinski definition) is 0. The number of rotatable bonds is 4. The first-order valence-corrected chi connectivity index (χ1v) is 20.9. The Labute approximate surface area is 250 Å². The molecule has 0 aromatic heterocycles. The predicted molar refractivity (Wildman–Crippen MR) is 159 cm³/mol. The summed E-state index contributed by atoms with van der Waals surface area (Å²) in [6.45, 7) is 28.1. The first-order valence-electron chi connectivity index (χ1n) is 14.7. The van der Waals surface area contributed by atoms with Crippen LogP contribution in [0.3, 0.4) is 0 Å². The molecule has 0 bridgehead atoms. The average Bonchev–Trinajstić information content (AvgIpc) is 3.32. The van der Waals surface area contributed by atoms with Crippen LogP contribution in [0.15, 0.2) is 24.3 Å². The van der Waals surface area contributed by atoms with Crippen molar-refractivity contribution in [1.29, 1.82) is 0 Å². The van der Waals surface area contributed by atoms with E-state index in [1.807, 2.05) is 0 Å². The Morgan fingerprint density at radius 3 is 1.18 bits per heavy atom. The Hall–Kier alpha value is -0.340. The van der Waals surface area contributed by atoms with Crippen LogP contribution in [0.2, 0.25) is 13.1 Å². The van der Waals surface area contributed by atoms with Gasteiger partial charge in [0.05, 0.1) is 0 Å². The summed E-state index contributed by atoms with van der Waals surface area (Å²) in [5, 5.41) is 0. The zero-order valence-corrected chi connectivity index (χ0v) is 30.0. The fraction of sp³-hybridized carbons (Fsp3) is 0.706. The average molecular weight is 622 g/mol. The Morgan fingerprint density at radius 2 is 0.947 bits per heavy atom. The van der Waals surface area contributed by atoms with Crippen molar-refractivity contribution in [2.45, 2.75) is 120 Å². The van der Waals surface area contributed by atoms with Gasteiger partial charge in [-0.3, -0.25) is 0 Å². The predicted octanol–water partition coefficient (Wildman–Crippen LogP) is 4.14. The van der Waals surface area contributed by atoms with Crippen molar-refractivity contribution in [2.24, 2.45) is 35.5 Å². The van der Waals surface area contributed by atoms with Crippen molar-refractivity contribution in [3.05, 3.63) is 57.6 Å². The van der Waals surface area contributed by atoms with Crippen molar-refractivity contribution in [2.75, 3.05) is 0 Å². The third kappa shape index (κ3) is 10.6. The van der Waals surface area contributed by atoms with Crippen LogP contribution in [0.5, 0.6) is 0 Å². The van der Waals surface area contributed by atoms with Gasteiger partial charge in [0.25, 0.3) is 0 Å². The van der Waals surface area contributed by atoms with Crippen LogP contribution in [0.25, 0.3) is 0 Å². The summed E-state index contributed by atoms with van der Waals surface area (Å²) in [6, 6.07) is 9.69. The summed E-state index contributed by atoms with van der Waals surface area (Å²) in [5.41, 5.74) is 9.72. The standard InChI is InChI=1S/2C16H25.C2H6Si.2FH.Zr/c2*1-10(2)13-8-14-6-12(5)7-16(14)15(9-13)11(3)4;1-3-2;;;/h2*6-7,10-11,13,15H,8-9H2,1-5H3;1-2H3;2*1H;/q2*-1;;;;+2/p-2. The third-order valence-corrected chi connectivity index (χ3v) is 8.68. The topological polar surface area (TPSA) is 0 Å². The van der Waals surface area contributed by atoms with E-state index < -0.39 is 0 Å². The monoisotopic (exact) mass is 620 g/mol. The second-order valence-electron chi connectivity index (χ2n) is 13.6. The van der Waals surface area contributed by atoms with Gasteiger partial charge in [0.2, 0.25) is 0 Å². The van der Waals surface area contributed by atoms with Gasteiger partial charge in [0.1, 0.15) is 0 Å². The van der Waals surface area contributed by atoms with Gasteiger partial charge in [-0.15, -0.1) is 0 Å². The van der Waals surface area contributed by atoms with Crippen LogP contribution >= 0.6 is 0 Å². The smallest absolute Gasteiger partial charge is 0.0375 e. The molecule has 0 saturated heterocycles. The van der Waals surface area contributed by atoms with E-state index in [1.54, 1.807) is 45.6 Å². The van der Waals surface area contributed by atoms with Crippen molar-refractivity contribution in [3.63, 3.8) is 0 Å². The molecule has 4 unspecified atom stereocenters. The van der Waals surface area contributed by atoms with E-state index >= 15 is 0 Å². The number of fused-ring (bicyclic) bond motifs is 2. The molecule has 0 amide bonds. The van der Waals surface area contributed by atoms with Crippen molar-refractivity contribution < 1.29 is 32.7 Å². The molecule has 0 N–H and O–H groups in total. The number of aryl methyl sites for hydroxylation is 2. The maximum atomic E-state index is 2.43. The molecule has 4 rings (SSSR count). The maximum absolute atomic E-state index is 2.43. The van der Waals surface area contributed by atoms with Gasteiger partial charge >= 0.3 is 41.9 Å². The summed E-state index contributed by atoms with van der Waals surface area (Å²) in [5.74, 6) is 6.58. The molecular weight excluding hydrogens is 566 g/mol. The fourth-order valence-corrected chi connectivity index (χ4v) is 6.44. The van der Waals surface area contributed by atoms with Gasteiger partial charge in [-0.05, 0) is 36.5 Å². The molecule has 4 heteroatoms. The molecule has 0 nitrogen and oxygen atoms in total. The first-order chi connectivity index (χ1) is 16.7. The molecule has 0 heterocycles. The normalized spacial score (nSPS) is 21.9. The summed E-state index contributed by atoms with van der Waals surface area (Å²) in [7, 11) is 0. The minimum absolute atomic E-state index is 0. The van der Waals surface area contributed by atoms with E-state index in [0.29, 0.717) is 0 Å². The molecule has 2 aromatic carbocycles. The van der Waals surface area contributed by atoms with Crippen LogP contribution in [-0.4, -0.2) is 5.43 Å². The van der Waals surface area contributed by atoms with E-state index in [9.17, 15) is 0 Å². The van der Waals surface area contributed by atoms with E-state index in [0.717, 1.165) is 47.3 Å². The second-order valence-corrected chi connectivity index (χ2v) is 23.0. The molecule has 2 aliphatic carbocycles. The molecule has 38 heavy (non-hydrogen) atoms. The second kappa shape index (κ2) is 16.8. The molecule has 2 aromatic rings. The minimum Gasteiger partial charge on any atom is -1.00 e. The van der Waals surface area contributed by atoms with Crippen molar-refractivity contribution >= 4 is 5.43 Å². The van der Waals surface area contributed by atoms with E-state index in [1.165, 1.54) is 36.8 Å². The van der Waals surface area contributed by atoms with Gasteiger partial charge in [-0.2, -0.15) is 45.5 Å². The molecule has 2 aliphatic rings. The fourth-order valence-electron chi connectivity index (χ4n) is 6.44. The Bertz CT molecular complexity index is 889. The SMILES string of the molecule is C[Si](C)=[Zr+2].Cc1cc2c([cH-]1)CC(C(C)C)CC2C(C)C.Cc1cc2c([cH-]1)CC(C(C)C)CC2C(C)C.[F-].[F-]. The van der Waals surface area contributed by atoms with E-state index in [-0.39, 0.29) is 14.8 Å². The molecule has 0 radical (unpaired) electrons. The Balaban J connectivity index is 0.000000604.